The van der Waals surface area contributed by atoms with Crippen LogP contribution in [0.25, 0.3) is 10.9 Å². The van der Waals surface area contributed by atoms with Crippen LogP contribution in [0.1, 0.15) is 36.2 Å². The fraction of sp³-hybridized carbons (Fsp3) is 0.500. The molecule has 0 radical (unpaired) electrons. The molecule has 1 aromatic carbocycles. The first-order valence-electron chi connectivity index (χ1n) is 9.27. The molecule has 0 bridgehead atoms. The molecule has 0 saturated carbocycles. The molecule has 0 unspecified atom stereocenters. The number of nitrogens with one attached hydrogen (secondary N) is 1. The number of para-hydroxylation sites is 1. The summed E-state index contributed by atoms with van der Waals surface area (Å²) in [5.74, 6) is -0.298. The maximum absolute atomic E-state index is 12.6. The molecule has 27 heavy (non-hydrogen) atoms. The lowest BCUT2D eigenvalue weighted by atomic mass is 10.00. The van der Waals surface area contributed by atoms with E-state index in [4.69, 9.17) is 4.74 Å². The average Bonchev–Trinajstić information content (AvgIpc) is 3.02. The topological polar surface area (TPSA) is 101 Å². The number of hydrogen-bond donors (Lipinski definition) is 3. The van der Waals surface area contributed by atoms with Crippen LogP contribution in [0.4, 0.5) is 0 Å². The van der Waals surface area contributed by atoms with Gasteiger partial charge in [-0.25, -0.2) is 0 Å². The van der Waals surface area contributed by atoms with Crippen LogP contribution in [0.2, 0.25) is 0 Å². The van der Waals surface area contributed by atoms with E-state index in [0.717, 1.165) is 22.9 Å². The van der Waals surface area contributed by atoms with Crippen LogP contribution in [-0.2, 0) is 22.5 Å². The van der Waals surface area contributed by atoms with Crippen molar-refractivity contribution in [1.82, 2.24) is 9.88 Å². The largest absolute Gasteiger partial charge is 0.394 e. The Kier molecular flexibility index (Phi) is 5.94. The number of aliphatic hydroxyl groups excluding tert-OH is 2. The number of benzene rings is 1. The first-order valence-corrected chi connectivity index (χ1v) is 9.27. The summed E-state index contributed by atoms with van der Waals surface area (Å²) >= 11 is 0. The summed E-state index contributed by atoms with van der Waals surface area (Å²) < 4.78 is 7.09. The Morgan fingerprint density at radius 2 is 2.15 bits per heavy atom. The van der Waals surface area contributed by atoms with Crippen LogP contribution in [0.15, 0.2) is 24.4 Å². The number of ketones is 1. The molecule has 7 nitrogen and oxygen atoms in total. The zero-order chi connectivity index (χ0) is 19.6. The minimum atomic E-state index is -0.951. The van der Waals surface area contributed by atoms with Crippen LogP contribution in [-0.4, -0.2) is 57.9 Å². The highest BCUT2D eigenvalue weighted by molar-refractivity contribution is 6.07. The highest BCUT2D eigenvalue weighted by Gasteiger charge is 2.33. The fourth-order valence-corrected chi connectivity index (χ4v) is 3.73. The Bertz CT molecular complexity index is 844. The Labute approximate surface area is 157 Å². The zero-order valence-corrected chi connectivity index (χ0v) is 15.6. The van der Waals surface area contributed by atoms with E-state index in [9.17, 15) is 19.8 Å². The number of ether oxygens (including phenoxy) is 1. The fourth-order valence-electron chi connectivity index (χ4n) is 3.73. The summed E-state index contributed by atoms with van der Waals surface area (Å²) in [7, 11) is 0. The maximum Gasteiger partial charge on any atom is 0.240 e. The van der Waals surface area contributed by atoms with E-state index in [1.54, 1.807) is 10.8 Å². The van der Waals surface area contributed by atoms with Gasteiger partial charge >= 0.3 is 0 Å². The van der Waals surface area contributed by atoms with Gasteiger partial charge in [0.25, 0.3) is 0 Å². The quantitative estimate of drug-likeness (QED) is 0.656. The van der Waals surface area contributed by atoms with Gasteiger partial charge < -0.3 is 24.8 Å². The van der Waals surface area contributed by atoms with Crippen molar-refractivity contribution >= 4 is 22.6 Å². The molecule has 0 spiro atoms. The van der Waals surface area contributed by atoms with Crippen molar-refractivity contribution in [3.05, 3.63) is 35.5 Å². The minimum absolute atomic E-state index is 0.0435. The van der Waals surface area contributed by atoms with E-state index < -0.39 is 18.2 Å². The molecular formula is C20H26N2O5. The Morgan fingerprint density at radius 3 is 2.81 bits per heavy atom. The lowest BCUT2D eigenvalue weighted by molar-refractivity contribution is -0.132. The van der Waals surface area contributed by atoms with Crippen molar-refractivity contribution in [3.8, 4) is 0 Å². The molecule has 1 aromatic heterocycles. The molecule has 0 aliphatic carbocycles. The van der Waals surface area contributed by atoms with Crippen LogP contribution in [0.5, 0.6) is 0 Å². The highest BCUT2D eigenvalue weighted by atomic mass is 16.5. The van der Waals surface area contributed by atoms with E-state index >= 15 is 0 Å². The summed E-state index contributed by atoms with van der Waals surface area (Å²) in [5.41, 5.74) is 2.56. The van der Waals surface area contributed by atoms with Crippen molar-refractivity contribution < 1.29 is 24.5 Å². The van der Waals surface area contributed by atoms with Crippen LogP contribution >= 0.6 is 0 Å². The van der Waals surface area contributed by atoms with E-state index in [2.05, 4.69) is 5.32 Å². The molecule has 3 N–H and O–H groups in total. The standard InChI is InChI=1S/C20H26N2O5/c1-3-13-5-4-6-14-15(12(2)24)9-22(19(13)14)10-18(25)21-16-7-8-27-17(11-23)20(16)26/h4-6,9,16-17,20,23,26H,3,7-8,10-11H2,1-2H3,(H,21,25)/t16-,17+,20-/m0/s1. The third-order valence-corrected chi connectivity index (χ3v) is 5.14. The number of aryl methyl sites for hydroxylation is 1. The predicted octanol–water partition coefficient (Wildman–Crippen LogP) is 1.03. The van der Waals surface area contributed by atoms with Gasteiger partial charge in [-0.1, -0.05) is 25.1 Å². The van der Waals surface area contributed by atoms with E-state index in [1.807, 2.05) is 25.1 Å². The first kappa shape index (κ1) is 19.5. The van der Waals surface area contributed by atoms with Crippen molar-refractivity contribution in [2.45, 2.75) is 51.5 Å². The molecule has 146 valence electrons. The number of aliphatic hydroxyl groups is 2. The number of hydrogen-bond acceptors (Lipinski definition) is 5. The molecule has 1 aliphatic rings. The maximum atomic E-state index is 12.6. The van der Waals surface area contributed by atoms with E-state index in [0.29, 0.717) is 18.6 Å². The lowest BCUT2D eigenvalue weighted by Crippen LogP contribution is -2.54. The normalized spacial score (nSPS) is 22.7. The second kappa shape index (κ2) is 8.21. The van der Waals surface area contributed by atoms with Gasteiger partial charge in [-0.05, 0) is 25.3 Å². The van der Waals surface area contributed by atoms with Gasteiger partial charge in [-0.15, -0.1) is 0 Å². The van der Waals surface area contributed by atoms with E-state index in [-0.39, 0.29) is 24.8 Å². The van der Waals surface area contributed by atoms with Gasteiger partial charge in [-0.3, -0.25) is 9.59 Å². The summed E-state index contributed by atoms with van der Waals surface area (Å²) in [5, 5.41) is 23.2. The van der Waals surface area contributed by atoms with Gasteiger partial charge in [0, 0.05) is 23.8 Å². The van der Waals surface area contributed by atoms with Crippen molar-refractivity contribution in [3.63, 3.8) is 0 Å². The number of fused-ring (bicyclic) bond motifs is 1. The smallest absolute Gasteiger partial charge is 0.240 e. The van der Waals surface area contributed by atoms with Crippen molar-refractivity contribution in [1.29, 1.82) is 0 Å². The van der Waals surface area contributed by atoms with Crippen molar-refractivity contribution in [2.24, 2.45) is 0 Å². The molecule has 1 aliphatic heterocycles. The summed E-state index contributed by atoms with van der Waals surface area (Å²) in [6.45, 7) is 3.68. The molecule has 1 saturated heterocycles. The number of carbonyl (C=O) groups excluding carboxylic acids is 2. The van der Waals surface area contributed by atoms with E-state index in [1.165, 1.54) is 6.92 Å². The second-order valence-electron chi connectivity index (χ2n) is 6.94. The van der Waals surface area contributed by atoms with Gasteiger partial charge in [0.2, 0.25) is 5.91 Å². The third-order valence-electron chi connectivity index (χ3n) is 5.14. The predicted molar refractivity (Wildman–Crippen MR) is 101 cm³/mol. The zero-order valence-electron chi connectivity index (χ0n) is 15.6. The van der Waals surface area contributed by atoms with Gasteiger partial charge in [0.05, 0.1) is 18.2 Å². The second-order valence-corrected chi connectivity index (χ2v) is 6.94. The van der Waals surface area contributed by atoms with Crippen molar-refractivity contribution in [2.75, 3.05) is 13.2 Å². The molecular weight excluding hydrogens is 348 g/mol. The summed E-state index contributed by atoms with van der Waals surface area (Å²) in [6, 6.07) is 5.34. The Hall–Kier alpha value is -2.22. The number of rotatable bonds is 6. The molecule has 1 amide bonds. The highest BCUT2D eigenvalue weighted by Crippen LogP contribution is 2.26. The van der Waals surface area contributed by atoms with Crippen LogP contribution in [0, 0.1) is 0 Å². The van der Waals surface area contributed by atoms with Gasteiger partial charge in [0.1, 0.15) is 18.8 Å². The lowest BCUT2D eigenvalue weighted by Gasteiger charge is -2.34. The molecule has 3 rings (SSSR count). The van der Waals surface area contributed by atoms with Crippen LogP contribution in [0.3, 0.4) is 0 Å². The van der Waals surface area contributed by atoms with Crippen LogP contribution < -0.4 is 5.32 Å². The number of amides is 1. The third kappa shape index (κ3) is 3.90. The molecule has 1 fully saturated rings. The van der Waals surface area contributed by atoms with Gasteiger partial charge in [0.15, 0.2) is 5.78 Å². The Morgan fingerprint density at radius 1 is 1.37 bits per heavy atom. The molecule has 2 aromatic rings. The van der Waals surface area contributed by atoms with Gasteiger partial charge in [-0.2, -0.15) is 0 Å². The minimum Gasteiger partial charge on any atom is -0.394 e. The number of carbonyl (C=O) groups is 2. The number of Topliss-reactive ketones (excluding diaryl/α,β-unsaturated/α-hetero) is 1. The molecule has 3 atom stereocenters. The number of nitrogens with zero attached hydrogens (tertiary/aromatic N) is 1. The Balaban J connectivity index is 1.84. The summed E-state index contributed by atoms with van der Waals surface area (Å²) in [4.78, 5) is 24.6. The average molecular weight is 374 g/mol. The summed E-state index contributed by atoms with van der Waals surface area (Å²) in [6.07, 6.45) is 1.36. The molecule has 2 heterocycles. The molecule has 7 heteroatoms. The SMILES string of the molecule is CCc1cccc2c(C(C)=O)cn(CC(=O)N[C@H]3CCO[C@H](CO)[C@H]3O)c12. The number of aromatic nitrogens is 1. The monoisotopic (exact) mass is 374 g/mol. The first-order chi connectivity index (χ1) is 13.0.